The first-order valence-electron chi connectivity index (χ1n) is 8.98. The van der Waals surface area contributed by atoms with Crippen molar-refractivity contribution in [3.05, 3.63) is 46.5 Å². The van der Waals surface area contributed by atoms with Crippen molar-refractivity contribution in [3.8, 4) is 0 Å². The quantitative estimate of drug-likeness (QED) is 0.678. The summed E-state index contributed by atoms with van der Waals surface area (Å²) >= 11 is 1.56. The third kappa shape index (κ3) is 3.21. The molecule has 2 aromatic heterocycles. The molecule has 5 heteroatoms. The Morgan fingerprint density at radius 1 is 1.16 bits per heavy atom. The van der Waals surface area contributed by atoms with E-state index in [0.717, 1.165) is 26.5 Å². The van der Waals surface area contributed by atoms with Gasteiger partial charge in [0.05, 0.1) is 16.6 Å². The Balaban J connectivity index is 1.62. The fraction of sp³-hybridized carbons (Fsp3) is 0.400. The molecule has 1 amide bonds. The van der Waals surface area contributed by atoms with E-state index in [0.29, 0.717) is 6.04 Å². The molecule has 4 nitrogen and oxygen atoms in total. The van der Waals surface area contributed by atoms with Crippen LogP contribution in [0.3, 0.4) is 0 Å². The summed E-state index contributed by atoms with van der Waals surface area (Å²) in [6.07, 6.45) is 6.26. The van der Waals surface area contributed by atoms with E-state index < -0.39 is 0 Å². The average molecular weight is 353 g/mol. The molecule has 1 N–H and O–H groups in total. The Morgan fingerprint density at radius 2 is 1.88 bits per heavy atom. The van der Waals surface area contributed by atoms with Crippen LogP contribution >= 0.6 is 11.3 Å². The Kier molecular flexibility index (Phi) is 4.34. The molecular formula is C20H23N3OS. The summed E-state index contributed by atoms with van der Waals surface area (Å²) in [7, 11) is 0. The third-order valence-electron chi connectivity index (χ3n) is 5.02. The molecule has 2 heterocycles. The largest absolute Gasteiger partial charge is 0.321 e. The standard InChI is InChI=1S/C20H23N3OS/c1-13-8-10-15(11-9-13)21-19(24)18-12-17-14(2)22-23(20(17)25-18)16-6-4-3-5-7-16/h8-12,16H,3-7H2,1-2H3,(H,21,24). The molecule has 1 saturated carbocycles. The maximum atomic E-state index is 12.6. The number of nitrogens with one attached hydrogen (secondary N) is 1. The van der Waals surface area contributed by atoms with Gasteiger partial charge in [0.25, 0.3) is 5.91 Å². The van der Waals surface area contributed by atoms with Gasteiger partial charge in [-0.1, -0.05) is 37.0 Å². The van der Waals surface area contributed by atoms with Crippen LogP contribution in [0.2, 0.25) is 0 Å². The SMILES string of the molecule is Cc1ccc(NC(=O)c2cc3c(C)nn(C4CCCCC4)c3s2)cc1. The van der Waals surface area contributed by atoms with Crippen LogP contribution in [0, 0.1) is 13.8 Å². The number of thiophene rings is 1. The van der Waals surface area contributed by atoms with Gasteiger partial charge in [-0.2, -0.15) is 5.10 Å². The minimum absolute atomic E-state index is 0.0420. The van der Waals surface area contributed by atoms with Crippen molar-refractivity contribution < 1.29 is 4.79 Å². The highest BCUT2D eigenvalue weighted by molar-refractivity contribution is 7.20. The van der Waals surface area contributed by atoms with E-state index in [1.54, 1.807) is 11.3 Å². The number of anilines is 1. The highest BCUT2D eigenvalue weighted by atomic mass is 32.1. The first kappa shape index (κ1) is 16.3. The Morgan fingerprint density at radius 3 is 2.60 bits per heavy atom. The topological polar surface area (TPSA) is 46.9 Å². The molecule has 25 heavy (non-hydrogen) atoms. The van der Waals surface area contributed by atoms with Crippen LogP contribution < -0.4 is 5.32 Å². The number of fused-ring (bicyclic) bond motifs is 1. The maximum absolute atomic E-state index is 12.6. The summed E-state index contributed by atoms with van der Waals surface area (Å²) in [6.45, 7) is 4.08. The molecule has 1 aliphatic rings. The molecular weight excluding hydrogens is 330 g/mol. The van der Waals surface area contributed by atoms with Crippen molar-refractivity contribution in [2.75, 3.05) is 5.32 Å². The Bertz CT molecular complexity index is 901. The minimum Gasteiger partial charge on any atom is -0.321 e. The average Bonchev–Trinajstić information content (AvgIpc) is 3.19. The molecule has 1 aromatic carbocycles. The number of nitrogens with zero attached hydrogens (tertiary/aromatic N) is 2. The van der Waals surface area contributed by atoms with Crippen molar-refractivity contribution in [2.24, 2.45) is 0 Å². The molecule has 0 atom stereocenters. The number of rotatable bonds is 3. The van der Waals surface area contributed by atoms with Crippen molar-refractivity contribution >= 4 is 33.1 Å². The highest BCUT2D eigenvalue weighted by Gasteiger charge is 2.22. The second kappa shape index (κ2) is 6.64. The first-order chi connectivity index (χ1) is 12.1. The number of carbonyl (C=O) groups is 1. The van der Waals surface area contributed by atoms with E-state index in [9.17, 15) is 4.79 Å². The van der Waals surface area contributed by atoms with Gasteiger partial charge in [0.2, 0.25) is 0 Å². The summed E-state index contributed by atoms with van der Waals surface area (Å²) in [4.78, 5) is 14.5. The molecule has 0 aliphatic heterocycles. The van der Waals surface area contributed by atoms with Crippen molar-refractivity contribution in [3.63, 3.8) is 0 Å². The molecule has 130 valence electrons. The van der Waals surface area contributed by atoms with Crippen LogP contribution in [0.4, 0.5) is 5.69 Å². The normalized spacial score (nSPS) is 15.6. The zero-order valence-electron chi connectivity index (χ0n) is 14.7. The lowest BCUT2D eigenvalue weighted by molar-refractivity contribution is 0.103. The van der Waals surface area contributed by atoms with Gasteiger partial charge >= 0.3 is 0 Å². The molecule has 1 fully saturated rings. The molecule has 0 bridgehead atoms. The van der Waals surface area contributed by atoms with Gasteiger partial charge in [-0.15, -0.1) is 11.3 Å². The van der Waals surface area contributed by atoms with Crippen LogP contribution in [-0.4, -0.2) is 15.7 Å². The number of aryl methyl sites for hydroxylation is 2. The first-order valence-corrected chi connectivity index (χ1v) is 9.80. The van der Waals surface area contributed by atoms with Crippen LogP contribution in [0.5, 0.6) is 0 Å². The number of carbonyl (C=O) groups excluding carboxylic acids is 1. The van der Waals surface area contributed by atoms with Crippen LogP contribution in [0.15, 0.2) is 30.3 Å². The fourth-order valence-corrected chi connectivity index (χ4v) is 4.72. The maximum Gasteiger partial charge on any atom is 0.265 e. The van der Waals surface area contributed by atoms with Crippen LogP contribution in [-0.2, 0) is 0 Å². The molecule has 1 aliphatic carbocycles. The fourth-order valence-electron chi connectivity index (χ4n) is 3.59. The zero-order chi connectivity index (χ0) is 17.4. The van der Waals surface area contributed by atoms with Gasteiger partial charge in [-0.05, 0) is 44.9 Å². The van der Waals surface area contributed by atoms with Crippen molar-refractivity contribution in [1.29, 1.82) is 0 Å². The summed E-state index contributed by atoms with van der Waals surface area (Å²) in [5.41, 5.74) is 3.04. The zero-order valence-corrected chi connectivity index (χ0v) is 15.5. The highest BCUT2D eigenvalue weighted by Crippen LogP contribution is 2.35. The third-order valence-corrected chi connectivity index (χ3v) is 6.15. The smallest absolute Gasteiger partial charge is 0.265 e. The lowest BCUT2D eigenvalue weighted by Crippen LogP contribution is -2.14. The van der Waals surface area contributed by atoms with Gasteiger partial charge in [-0.25, -0.2) is 0 Å². The summed E-state index contributed by atoms with van der Waals surface area (Å²) < 4.78 is 2.18. The molecule has 4 rings (SSSR count). The Labute approximate surface area is 151 Å². The van der Waals surface area contributed by atoms with E-state index in [-0.39, 0.29) is 5.91 Å². The van der Waals surface area contributed by atoms with Gasteiger partial charge < -0.3 is 5.32 Å². The monoisotopic (exact) mass is 353 g/mol. The lowest BCUT2D eigenvalue weighted by Gasteiger charge is -2.22. The van der Waals surface area contributed by atoms with Crippen LogP contribution in [0.1, 0.15) is 59.1 Å². The van der Waals surface area contributed by atoms with E-state index in [1.165, 1.54) is 37.7 Å². The minimum atomic E-state index is -0.0420. The number of hydrogen-bond acceptors (Lipinski definition) is 3. The number of aromatic nitrogens is 2. The predicted octanol–water partition coefficient (Wildman–Crippen LogP) is 5.47. The van der Waals surface area contributed by atoms with Crippen molar-refractivity contribution in [2.45, 2.75) is 52.0 Å². The van der Waals surface area contributed by atoms with Gasteiger partial charge in [0.15, 0.2) is 0 Å². The molecule has 0 spiro atoms. The summed E-state index contributed by atoms with van der Waals surface area (Å²) in [5.74, 6) is -0.0420. The van der Waals surface area contributed by atoms with E-state index >= 15 is 0 Å². The molecule has 3 aromatic rings. The lowest BCUT2D eigenvalue weighted by atomic mass is 9.96. The Hall–Kier alpha value is -2.14. The van der Waals surface area contributed by atoms with Gasteiger partial charge in [0, 0.05) is 11.1 Å². The van der Waals surface area contributed by atoms with E-state index in [2.05, 4.69) is 10.00 Å². The number of amides is 1. The second-order valence-corrected chi connectivity index (χ2v) is 8.00. The summed E-state index contributed by atoms with van der Waals surface area (Å²) in [6, 6.07) is 10.4. The van der Waals surface area contributed by atoms with Crippen molar-refractivity contribution in [1.82, 2.24) is 9.78 Å². The van der Waals surface area contributed by atoms with E-state index in [1.807, 2.05) is 44.2 Å². The van der Waals surface area contributed by atoms with Gasteiger partial charge in [-0.3, -0.25) is 9.48 Å². The number of hydrogen-bond donors (Lipinski definition) is 1. The second-order valence-electron chi connectivity index (χ2n) is 6.97. The molecule has 0 unspecified atom stereocenters. The number of benzene rings is 1. The van der Waals surface area contributed by atoms with Gasteiger partial charge in [0.1, 0.15) is 4.83 Å². The molecule has 0 radical (unpaired) electrons. The van der Waals surface area contributed by atoms with E-state index in [4.69, 9.17) is 5.10 Å². The van der Waals surface area contributed by atoms with Crippen LogP contribution in [0.25, 0.3) is 10.2 Å². The predicted molar refractivity (Wildman–Crippen MR) is 104 cm³/mol. The summed E-state index contributed by atoms with van der Waals surface area (Å²) in [5, 5.41) is 8.87. The molecule has 0 saturated heterocycles.